The van der Waals surface area contributed by atoms with Gasteiger partial charge < -0.3 is 5.73 Å². The molecule has 0 amide bonds. The monoisotopic (exact) mass is 344 g/mol. The fraction of sp³-hybridized carbons (Fsp3) is 0.0667. The summed E-state index contributed by atoms with van der Waals surface area (Å²) >= 11 is 1.39. The molecule has 0 aliphatic rings. The highest BCUT2D eigenvalue weighted by atomic mass is 32.2. The van der Waals surface area contributed by atoms with Gasteiger partial charge in [0.05, 0.1) is 11.3 Å². The first-order chi connectivity index (χ1) is 11.6. The Hall–Kier alpha value is -2.81. The lowest BCUT2D eigenvalue weighted by molar-refractivity contribution is 0.592. The zero-order valence-electron chi connectivity index (χ0n) is 12.4. The molecule has 0 saturated heterocycles. The number of hydrogen-bond acceptors (Lipinski definition) is 6. The minimum atomic E-state index is -0.832. The van der Waals surface area contributed by atoms with Gasteiger partial charge in [-0.1, -0.05) is 11.8 Å². The van der Waals surface area contributed by atoms with Crippen LogP contribution in [0.4, 0.5) is 14.5 Å². The number of nitrogens with two attached hydrogens (primary N) is 1. The van der Waals surface area contributed by atoms with Crippen LogP contribution in [0.5, 0.6) is 0 Å². The van der Waals surface area contributed by atoms with Gasteiger partial charge >= 0.3 is 0 Å². The summed E-state index contributed by atoms with van der Waals surface area (Å²) in [4.78, 5) is 8.61. The molecular weight excluding hydrogens is 334 g/mol. The zero-order chi connectivity index (χ0) is 16.8. The van der Waals surface area contributed by atoms with Crippen LogP contribution in [-0.4, -0.2) is 30.8 Å². The predicted octanol–water partition coefficient (Wildman–Crippen LogP) is 2.92. The number of hydrogen-bond donors (Lipinski definition) is 1. The number of halogens is 2. The molecule has 1 aromatic carbocycles. The summed E-state index contributed by atoms with van der Waals surface area (Å²) < 4.78 is 30.3. The average Bonchev–Trinajstić information content (AvgIpc) is 3.08. The third-order valence-electron chi connectivity index (χ3n) is 3.66. The molecule has 0 spiro atoms. The second-order valence-corrected chi connectivity index (χ2v) is 5.82. The van der Waals surface area contributed by atoms with E-state index in [1.807, 2.05) is 6.26 Å². The van der Waals surface area contributed by atoms with Crippen LogP contribution in [0, 0.1) is 11.6 Å². The first-order valence-electron chi connectivity index (χ1n) is 6.87. The lowest BCUT2D eigenvalue weighted by Gasteiger charge is -2.10. The number of benzene rings is 1. The highest BCUT2D eigenvalue weighted by molar-refractivity contribution is 7.98. The van der Waals surface area contributed by atoms with Crippen molar-refractivity contribution in [3.63, 3.8) is 0 Å². The third kappa shape index (κ3) is 2.08. The number of thioether (sulfide) groups is 1. The molecule has 0 aliphatic carbocycles. The topological polar surface area (TPSA) is 82.0 Å². The lowest BCUT2D eigenvalue weighted by atomic mass is 10.0. The number of anilines is 1. The van der Waals surface area contributed by atoms with Gasteiger partial charge in [-0.3, -0.25) is 4.40 Å². The van der Waals surface area contributed by atoms with Gasteiger partial charge in [-0.15, -0.1) is 10.2 Å². The minimum absolute atomic E-state index is 0.141. The van der Waals surface area contributed by atoms with E-state index in [0.29, 0.717) is 16.2 Å². The fourth-order valence-corrected chi connectivity index (χ4v) is 2.89. The van der Waals surface area contributed by atoms with Crippen LogP contribution in [0.3, 0.4) is 0 Å². The molecule has 0 radical (unpaired) electrons. The summed E-state index contributed by atoms with van der Waals surface area (Å²) in [5.41, 5.74) is 6.28. The van der Waals surface area contributed by atoms with Gasteiger partial charge in [-0.25, -0.2) is 18.7 Å². The van der Waals surface area contributed by atoms with Gasteiger partial charge in [0, 0.05) is 17.1 Å². The van der Waals surface area contributed by atoms with Crippen molar-refractivity contribution in [2.45, 2.75) is 5.16 Å². The summed E-state index contributed by atoms with van der Waals surface area (Å²) in [6.45, 7) is 0. The molecule has 4 rings (SSSR count). The number of rotatable bonds is 2. The summed E-state index contributed by atoms with van der Waals surface area (Å²) in [6.07, 6.45) is 4.90. The van der Waals surface area contributed by atoms with E-state index in [1.54, 1.807) is 16.7 Å². The molecule has 0 fully saturated rings. The number of nitrogen functional groups attached to an aromatic ring is 1. The summed E-state index contributed by atoms with van der Waals surface area (Å²) in [7, 11) is 0. The Morgan fingerprint density at radius 2 is 2.04 bits per heavy atom. The number of aromatic nitrogens is 5. The molecule has 2 N–H and O–H groups in total. The normalized spacial score (nSPS) is 11.5. The van der Waals surface area contributed by atoms with Gasteiger partial charge in [-0.2, -0.15) is 0 Å². The molecular formula is C15H10F2N6S. The Morgan fingerprint density at radius 1 is 1.21 bits per heavy atom. The van der Waals surface area contributed by atoms with E-state index in [-0.39, 0.29) is 22.5 Å². The van der Waals surface area contributed by atoms with Crippen molar-refractivity contribution in [1.29, 1.82) is 0 Å². The molecule has 24 heavy (non-hydrogen) atoms. The van der Waals surface area contributed by atoms with Crippen molar-refractivity contribution >= 4 is 34.1 Å². The molecule has 0 unspecified atom stereocenters. The summed E-state index contributed by atoms with van der Waals surface area (Å²) in [5.74, 6) is -1.56. The average molecular weight is 344 g/mol. The van der Waals surface area contributed by atoms with Crippen molar-refractivity contribution in [2.24, 2.45) is 0 Å². The number of nitrogens with zero attached hydrogens (tertiary/aromatic N) is 5. The van der Waals surface area contributed by atoms with Crippen LogP contribution in [0.25, 0.3) is 27.8 Å². The maximum atomic E-state index is 14.4. The van der Waals surface area contributed by atoms with E-state index in [4.69, 9.17) is 5.73 Å². The van der Waals surface area contributed by atoms with Crippen molar-refractivity contribution < 1.29 is 8.78 Å². The predicted molar refractivity (Wildman–Crippen MR) is 87.6 cm³/mol. The van der Waals surface area contributed by atoms with Crippen molar-refractivity contribution in [2.75, 3.05) is 12.0 Å². The van der Waals surface area contributed by atoms with E-state index < -0.39 is 11.6 Å². The molecule has 3 aromatic heterocycles. The molecule has 120 valence electrons. The zero-order valence-corrected chi connectivity index (χ0v) is 13.2. The lowest BCUT2D eigenvalue weighted by Crippen LogP contribution is -2.01. The van der Waals surface area contributed by atoms with E-state index in [1.165, 1.54) is 24.2 Å². The first kappa shape index (κ1) is 14.8. The van der Waals surface area contributed by atoms with E-state index in [2.05, 4.69) is 20.2 Å². The fourth-order valence-electron chi connectivity index (χ4n) is 2.55. The smallest absolute Gasteiger partial charge is 0.189 e. The SMILES string of the molecule is CSc1ncc2cc(-c3c(F)ccc(N)c3F)c3nncn3c2n1. The standard InChI is InChI=1S/C15H10F2N6S/c1-24-15-19-5-7-4-8(11-9(16)2-3-10(18)12(11)17)14-22-20-6-23(14)13(7)21-15/h2-6H,18H2,1H3. The Balaban J connectivity index is 2.13. The van der Waals surface area contributed by atoms with Crippen LogP contribution in [0.1, 0.15) is 0 Å². The molecule has 4 aromatic rings. The molecule has 0 bridgehead atoms. The molecule has 9 heteroatoms. The van der Waals surface area contributed by atoms with Crippen molar-refractivity contribution in [1.82, 2.24) is 24.6 Å². The minimum Gasteiger partial charge on any atom is -0.396 e. The van der Waals surface area contributed by atoms with E-state index in [0.717, 1.165) is 6.07 Å². The maximum Gasteiger partial charge on any atom is 0.189 e. The Labute approximate surface area is 138 Å². The quantitative estimate of drug-likeness (QED) is 0.342. The molecule has 3 heterocycles. The van der Waals surface area contributed by atoms with Gasteiger partial charge in [0.15, 0.2) is 22.3 Å². The highest BCUT2D eigenvalue weighted by Crippen LogP contribution is 2.33. The third-order valence-corrected chi connectivity index (χ3v) is 4.23. The largest absolute Gasteiger partial charge is 0.396 e. The van der Waals surface area contributed by atoms with Crippen LogP contribution in [0.15, 0.2) is 35.9 Å². The van der Waals surface area contributed by atoms with Gasteiger partial charge in [0.25, 0.3) is 0 Å². The Morgan fingerprint density at radius 3 is 2.83 bits per heavy atom. The van der Waals surface area contributed by atoms with Crippen LogP contribution >= 0.6 is 11.8 Å². The molecule has 0 aliphatic heterocycles. The second kappa shape index (κ2) is 5.38. The van der Waals surface area contributed by atoms with Gasteiger partial charge in [0.1, 0.15) is 12.1 Å². The second-order valence-electron chi connectivity index (χ2n) is 5.04. The molecule has 6 nitrogen and oxygen atoms in total. The van der Waals surface area contributed by atoms with Crippen molar-refractivity contribution in [3.8, 4) is 11.1 Å². The first-order valence-corrected chi connectivity index (χ1v) is 8.10. The van der Waals surface area contributed by atoms with E-state index >= 15 is 0 Å². The summed E-state index contributed by atoms with van der Waals surface area (Å²) in [5, 5.41) is 9.01. The van der Waals surface area contributed by atoms with Crippen LogP contribution in [-0.2, 0) is 0 Å². The highest BCUT2D eigenvalue weighted by Gasteiger charge is 2.20. The van der Waals surface area contributed by atoms with E-state index in [9.17, 15) is 8.78 Å². The van der Waals surface area contributed by atoms with Gasteiger partial charge in [-0.05, 0) is 24.5 Å². The van der Waals surface area contributed by atoms with Crippen molar-refractivity contribution in [3.05, 3.63) is 42.4 Å². The molecule has 0 saturated carbocycles. The summed E-state index contributed by atoms with van der Waals surface area (Å²) in [6, 6.07) is 3.90. The van der Waals surface area contributed by atoms with Crippen LogP contribution in [0.2, 0.25) is 0 Å². The number of fused-ring (bicyclic) bond motifs is 3. The Kier molecular flexibility index (Phi) is 3.31. The maximum absolute atomic E-state index is 14.4. The van der Waals surface area contributed by atoms with Crippen LogP contribution < -0.4 is 5.73 Å². The van der Waals surface area contributed by atoms with Gasteiger partial charge in [0.2, 0.25) is 0 Å². The molecule has 0 atom stereocenters. The Bertz CT molecular complexity index is 1090. The number of pyridine rings is 1.